The first-order chi connectivity index (χ1) is 21.1. The maximum Gasteiger partial charge on any atom is 0.325 e. The molecule has 1 heterocycles. The first-order valence-electron chi connectivity index (χ1n) is 13.8. The van der Waals surface area contributed by atoms with E-state index in [0.29, 0.717) is 20.4 Å². The highest BCUT2D eigenvalue weighted by molar-refractivity contribution is 14.1. The van der Waals surface area contributed by atoms with Crippen LogP contribution in [0.3, 0.4) is 0 Å². The van der Waals surface area contributed by atoms with Crippen molar-refractivity contribution in [3.05, 3.63) is 93.3 Å². The molecule has 3 aromatic rings. The number of hydrogen-bond donors (Lipinski definition) is 4. The molecule has 3 aromatic carbocycles. The molecule has 1 aliphatic rings. The fourth-order valence-corrected chi connectivity index (χ4v) is 5.34. The number of aliphatic hydroxyl groups excluding tert-OH is 2. The van der Waals surface area contributed by atoms with Gasteiger partial charge in [0.15, 0.2) is 6.61 Å². The summed E-state index contributed by atoms with van der Waals surface area (Å²) in [6.45, 7) is 0.989. The van der Waals surface area contributed by atoms with E-state index in [-0.39, 0.29) is 38.6 Å². The number of carbonyl (C=O) groups is 4. The zero-order valence-corrected chi connectivity index (χ0v) is 25.9. The number of carbonyl (C=O) groups excluding carboxylic acids is 4. The van der Waals surface area contributed by atoms with Gasteiger partial charge in [0.25, 0.3) is 11.8 Å². The van der Waals surface area contributed by atoms with Crippen molar-refractivity contribution in [2.24, 2.45) is 0 Å². The fourth-order valence-electron chi connectivity index (χ4n) is 4.88. The molecule has 0 radical (unpaired) electrons. The second-order valence-corrected chi connectivity index (χ2v) is 11.3. The molecule has 13 heteroatoms. The molecule has 0 saturated carbocycles. The number of nitrogens with one attached hydrogen (secondary N) is 2. The summed E-state index contributed by atoms with van der Waals surface area (Å²) < 4.78 is 20.8. The van der Waals surface area contributed by atoms with Crippen LogP contribution in [0.2, 0.25) is 0 Å². The maximum absolute atomic E-state index is 14.6. The van der Waals surface area contributed by atoms with Crippen molar-refractivity contribution in [2.45, 2.75) is 24.9 Å². The van der Waals surface area contributed by atoms with Crippen LogP contribution in [-0.4, -0.2) is 82.7 Å². The Balaban J connectivity index is 1.53. The van der Waals surface area contributed by atoms with Crippen molar-refractivity contribution in [3.8, 4) is 5.75 Å². The van der Waals surface area contributed by atoms with E-state index in [1.54, 1.807) is 55.5 Å². The Labute approximate surface area is 267 Å². The van der Waals surface area contributed by atoms with Crippen LogP contribution in [0, 0.1) is 9.39 Å². The normalized spacial score (nSPS) is 15.8. The standard InChI is InChI=1S/C31H32FIN4O7/c1-19(20-5-3-2-4-6-20)28(29(41)34-25-12-9-22(33)17-24(25)32)37-30(42)27(35-31(37)43)21-7-10-23(11-8-21)44-18-26(40)36(13-15-38)14-16-39/h2-12,17,19,27-28,38-39H,13-16,18H2,1H3,(H,34,41)(H,35,43)/t19-,27+,28?/m0/s1. The quantitative estimate of drug-likeness (QED) is 0.157. The van der Waals surface area contributed by atoms with Gasteiger partial charge in [-0.1, -0.05) is 49.4 Å². The van der Waals surface area contributed by atoms with E-state index in [9.17, 15) is 23.6 Å². The Morgan fingerprint density at radius 3 is 2.32 bits per heavy atom. The van der Waals surface area contributed by atoms with Gasteiger partial charge in [0, 0.05) is 22.6 Å². The molecule has 1 fully saturated rings. The molecule has 4 rings (SSSR count). The number of nitrogens with zero attached hydrogens (tertiary/aromatic N) is 2. The van der Waals surface area contributed by atoms with Crippen LogP contribution in [0.15, 0.2) is 72.8 Å². The van der Waals surface area contributed by atoms with Crippen molar-refractivity contribution >= 4 is 52.0 Å². The predicted molar refractivity (Wildman–Crippen MR) is 167 cm³/mol. The monoisotopic (exact) mass is 718 g/mol. The molecule has 5 amide bonds. The highest BCUT2D eigenvalue weighted by Gasteiger charge is 2.47. The number of amides is 5. The zero-order chi connectivity index (χ0) is 31.8. The van der Waals surface area contributed by atoms with Crippen molar-refractivity contribution in [2.75, 3.05) is 38.2 Å². The van der Waals surface area contributed by atoms with E-state index in [1.165, 1.54) is 29.2 Å². The number of ether oxygens (including phenoxy) is 1. The maximum atomic E-state index is 14.6. The lowest BCUT2D eigenvalue weighted by Crippen LogP contribution is -2.50. The van der Waals surface area contributed by atoms with Gasteiger partial charge >= 0.3 is 6.03 Å². The first kappa shape index (κ1) is 32.8. The van der Waals surface area contributed by atoms with Gasteiger partial charge in [-0.05, 0) is 64.0 Å². The lowest BCUT2D eigenvalue weighted by molar-refractivity contribution is -0.134. The van der Waals surface area contributed by atoms with E-state index in [4.69, 9.17) is 14.9 Å². The Morgan fingerprint density at radius 2 is 1.70 bits per heavy atom. The minimum absolute atomic E-state index is 0.0588. The first-order valence-corrected chi connectivity index (χ1v) is 14.9. The van der Waals surface area contributed by atoms with Gasteiger partial charge in [-0.15, -0.1) is 0 Å². The van der Waals surface area contributed by atoms with Crippen LogP contribution in [-0.2, 0) is 14.4 Å². The third-order valence-corrected chi connectivity index (χ3v) is 7.85. The molecule has 1 unspecified atom stereocenters. The van der Waals surface area contributed by atoms with Crippen LogP contribution in [0.1, 0.15) is 30.0 Å². The summed E-state index contributed by atoms with van der Waals surface area (Å²) >= 11 is 1.95. The fraction of sp³-hybridized carbons (Fsp3) is 0.290. The second kappa shape index (κ2) is 15.1. The summed E-state index contributed by atoms with van der Waals surface area (Å²) in [7, 11) is 0. The Morgan fingerprint density at radius 1 is 1.05 bits per heavy atom. The number of benzene rings is 3. The highest BCUT2D eigenvalue weighted by atomic mass is 127. The summed E-state index contributed by atoms with van der Waals surface area (Å²) in [4.78, 5) is 55.1. The average molecular weight is 719 g/mol. The largest absolute Gasteiger partial charge is 0.484 e. The molecule has 0 aromatic heterocycles. The van der Waals surface area contributed by atoms with E-state index >= 15 is 0 Å². The van der Waals surface area contributed by atoms with Crippen LogP contribution < -0.4 is 15.4 Å². The van der Waals surface area contributed by atoms with Crippen LogP contribution in [0.25, 0.3) is 0 Å². The molecule has 0 spiro atoms. The topological polar surface area (TPSA) is 149 Å². The zero-order valence-electron chi connectivity index (χ0n) is 23.8. The van der Waals surface area contributed by atoms with Crippen LogP contribution >= 0.6 is 22.6 Å². The molecule has 1 saturated heterocycles. The Kier molecular flexibility index (Phi) is 11.3. The SMILES string of the molecule is C[C@@H](c1ccccc1)C(C(=O)Nc1ccc(I)cc1F)N1C(=O)N[C@H](c2ccc(OCC(=O)N(CCO)CCO)cc2)C1=O. The Hall–Kier alpha value is -4.08. The van der Waals surface area contributed by atoms with Gasteiger partial charge in [-0.25, -0.2) is 14.1 Å². The number of urea groups is 1. The number of anilines is 1. The predicted octanol–water partition coefficient (Wildman–Crippen LogP) is 3.03. The van der Waals surface area contributed by atoms with Gasteiger partial charge in [-0.2, -0.15) is 0 Å². The molecule has 0 aliphatic carbocycles. The number of halogens is 2. The van der Waals surface area contributed by atoms with Crippen molar-refractivity contribution in [1.82, 2.24) is 15.1 Å². The number of aliphatic hydroxyl groups is 2. The van der Waals surface area contributed by atoms with Crippen molar-refractivity contribution in [3.63, 3.8) is 0 Å². The van der Waals surface area contributed by atoms with Crippen LogP contribution in [0.4, 0.5) is 14.9 Å². The van der Waals surface area contributed by atoms with Gasteiger partial charge < -0.3 is 30.5 Å². The second-order valence-electron chi connectivity index (χ2n) is 10.0. The summed E-state index contributed by atoms with van der Waals surface area (Å²) in [5.41, 5.74) is 1.04. The van der Waals surface area contributed by atoms with E-state index in [1.807, 2.05) is 22.6 Å². The third kappa shape index (κ3) is 7.70. The molecular formula is C31H32FIN4O7. The molecule has 44 heavy (non-hydrogen) atoms. The summed E-state index contributed by atoms with van der Waals surface area (Å²) in [5, 5.41) is 23.4. The van der Waals surface area contributed by atoms with Crippen LogP contribution in [0.5, 0.6) is 5.75 Å². The lowest BCUT2D eigenvalue weighted by atomic mass is 9.91. The van der Waals surface area contributed by atoms with E-state index in [0.717, 1.165) is 4.90 Å². The third-order valence-electron chi connectivity index (χ3n) is 7.17. The summed E-state index contributed by atoms with van der Waals surface area (Å²) in [6, 6.07) is 16.2. The number of imide groups is 1. The molecule has 4 N–H and O–H groups in total. The van der Waals surface area contributed by atoms with E-state index in [2.05, 4.69) is 10.6 Å². The molecule has 1 aliphatic heterocycles. The highest BCUT2D eigenvalue weighted by Crippen LogP contribution is 2.32. The minimum Gasteiger partial charge on any atom is -0.484 e. The average Bonchev–Trinajstić information content (AvgIpc) is 3.31. The van der Waals surface area contributed by atoms with Gasteiger partial charge in [0.05, 0.1) is 18.9 Å². The van der Waals surface area contributed by atoms with Crippen molar-refractivity contribution in [1.29, 1.82) is 0 Å². The van der Waals surface area contributed by atoms with Gasteiger partial charge in [-0.3, -0.25) is 14.4 Å². The smallest absolute Gasteiger partial charge is 0.325 e. The Bertz CT molecular complexity index is 1490. The molecule has 11 nitrogen and oxygen atoms in total. The lowest BCUT2D eigenvalue weighted by Gasteiger charge is -2.30. The summed E-state index contributed by atoms with van der Waals surface area (Å²) in [6.07, 6.45) is 0. The van der Waals surface area contributed by atoms with Gasteiger partial charge in [0.1, 0.15) is 23.7 Å². The minimum atomic E-state index is -1.30. The van der Waals surface area contributed by atoms with Gasteiger partial charge in [0.2, 0.25) is 5.91 Å². The number of rotatable bonds is 13. The molecular weight excluding hydrogens is 686 g/mol. The van der Waals surface area contributed by atoms with E-state index < -0.39 is 47.6 Å². The molecule has 3 atom stereocenters. The summed E-state index contributed by atoms with van der Waals surface area (Å²) in [5.74, 6) is -2.78. The van der Waals surface area contributed by atoms with Crippen molar-refractivity contribution < 1.29 is 38.5 Å². The molecule has 0 bridgehead atoms. The number of hydrogen-bond acceptors (Lipinski definition) is 7. The molecule has 232 valence electrons.